The maximum absolute atomic E-state index is 11.4. The Bertz CT molecular complexity index is 970. The molecule has 0 fully saturated rings. The highest BCUT2D eigenvalue weighted by atomic mass is 16.4. The van der Waals surface area contributed by atoms with E-state index in [9.17, 15) is 9.90 Å². The molecule has 0 saturated heterocycles. The lowest BCUT2D eigenvalue weighted by Gasteiger charge is -2.13. The van der Waals surface area contributed by atoms with Gasteiger partial charge in [0.05, 0.1) is 11.3 Å². The van der Waals surface area contributed by atoms with Gasteiger partial charge in [-0.15, -0.1) is 0 Å². The van der Waals surface area contributed by atoms with Crippen LogP contribution in [0, 0.1) is 20.8 Å². The first-order chi connectivity index (χ1) is 12.4. The van der Waals surface area contributed by atoms with Crippen molar-refractivity contribution in [2.45, 2.75) is 20.8 Å². The Hall–Kier alpha value is -3.41. The summed E-state index contributed by atoms with van der Waals surface area (Å²) in [5, 5.41) is 15.7. The predicted molar refractivity (Wildman–Crippen MR) is 103 cm³/mol. The topological polar surface area (TPSA) is 87.1 Å². The van der Waals surface area contributed by atoms with E-state index in [1.54, 1.807) is 37.3 Å². The van der Waals surface area contributed by atoms with Crippen LogP contribution in [-0.2, 0) is 0 Å². The minimum Gasteiger partial charge on any atom is -0.478 e. The van der Waals surface area contributed by atoms with Gasteiger partial charge in [0.1, 0.15) is 17.5 Å². The average molecular weight is 348 g/mol. The molecule has 0 bridgehead atoms. The molecule has 0 aliphatic heterocycles. The monoisotopic (exact) mass is 348 g/mol. The molecule has 26 heavy (non-hydrogen) atoms. The predicted octanol–water partition coefficient (Wildman–Crippen LogP) is 4.59. The number of aryl methyl sites for hydroxylation is 3. The van der Waals surface area contributed by atoms with E-state index in [1.165, 1.54) is 0 Å². The van der Waals surface area contributed by atoms with E-state index in [1.807, 2.05) is 19.9 Å². The molecule has 0 amide bonds. The molecular weight excluding hydrogens is 328 g/mol. The lowest BCUT2D eigenvalue weighted by Crippen LogP contribution is -2.05. The van der Waals surface area contributed by atoms with Gasteiger partial charge in [-0.25, -0.2) is 14.8 Å². The summed E-state index contributed by atoms with van der Waals surface area (Å²) >= 11 is 0. The van der Waals surface area contributed by atoms with Gasteiger partial charge in [-0.2, -0.15) is 0 Å². The number of hydrogen-bond acceptors (Lipinski definition) is 5. The Morgan fingerprint density at radius 3 is 2.23 bits per heavy atom. The van der Waals surface area contributed by atoms with Crippen molar-refractivity contribution in [3.05, 3.63) is 71.0 Å². The van der Waals surface area contributed by atoms with Gasteiger partial charge in [0.25, 0.3) is 0 Å². The second-order valence-electron chi connectivity index (χ2n) is 6.10. The standard InChI is InChI=1S/C20H20N4O2/c1-12-8-9-13(2)17(10-12)24-19-11-18(21-14(3)22-19)23-16-7-5-4-6-15(16)20(25)26/h4-11H,1-3H3,(H,25,26)(H2,21,22,23,24). The van der Waals surface area contributed by atoms with E-state index in [4.69, 9.17) is 0 Å². The molecule has 3 N–H and O–H groups in total. The van der Waals surface area contributed by atoms with Crippen molar-refractivity contribution < 1.29 is 9.90 Å². The van der Waals surface area contributed by atoms with Crippen molar-refractivity contribution in [1.29, 1.82) is 0 Å². The van der Waals surface area contributed by atoms with E-state index < -0.39 is 5.97 Å². The van der Waals surface area contributed by atoms with Crippen LogP contribution >= 0.6 is 0 Å². The molecule has 3 aromatic rings. The third-order valence-electron chi connectivity index (χ3n) is 3.91. The highest BCUT2D eigenvalue weighted by molar-refractivity contribution is 5.95. The molecule has 0 aliphatic carbocycles. The van der Waals surface area contributed by atoms with Crippen LogP contribution in [0.1, 0.15) is 27.3 Å². The van der Waals surface area contributed by atoms with E-state index in [2.05, 4.69) is 32.7 Å². The van der Waals surface area contributed by atoms with Gasteiger partial charge in [0, 0.05) is 11.8 Å². The van der Waals surface area contributed by atoms with Gasteiger partial charge >= 0.3 is 5.97 Å². The average Bonchev–Trinajstić information content (AvgIpc) is 2.58. The quantitative estimate of drug-likeness (QED) is 0.625. The number of anilines is 4. The third kappa shape index (κ3) is 3.97. The maximum Gasteiger partial charge on any atom is 0.337 e. The number of nitrogens with zero attached hydrogens (tertiary/aromatic N) is 2. The number of carboxylic acid groups (broad SMARTS) is 1. The molecule has 2 aromatic carbocycles. The Labute approximate surface area is 152 Å². The van der Waals surface area contributed by atoms with Crippen molar-refractivity contribution in [3.8, 4) is 0 Å². The Morgan fingerprint density at radius 2 is 1.54 bits per heavy atom. The highest BCUT2D eigenvalue weighted by Crippen LogP contribution is 2.24. The molecule has 6 heteroatoms. The van der Waals surface area contributed by atoms with Crippen molar-refractivity contribution in [2.24, 2.45) is 0 Å². The molecular formula is C20H20N4O2. The zero-order chi connectivity index (χ0) is 18.7. The lowest BCUT2D eigenvalue weighted by molar-refractivity contribution is 0.0698. The molecule has 0 radical (unpaired) electrons. The fourth-order valence-electron chi connectivity index (χ4n) is 2.62. The molecule has 3 rings (SSSR count). The summed E-state index contributed by atoms with van der Waals surface area (Å²) in [5.41, 5.74) is 3.90. The Kier molecular flexibility index (Phi) is 4.84. The van der Waals surface area contributed by atoms with Crippen LogP contribution in [-0.4, -0.2) is 21.0 Å². The number of rotatable bonds is 5. The first-order valence-electron chi connectivity index (χ1n) is 8.21. The van der Waals surface area contributed by atoms with E-state index in [-0.39, 0.29) is 5.56 Å². The van der Waals surface area contributed by atoms with Crippen molar-refractivity contribution in [3.63, 3.8) is 0 Å². The minimum atomic E-state index is -0.993. The number of para-hydroxylation sites is 1. The molecule has 0 atom stereocenters. The summed E-state index contributed by atoms with van der Waals surface area (Å²) in [5.74, 6) is 0.753. The second-order valence-corrected chi connectivity index (χ2v) is 6.10. The first kappa shape index (κ1) is 17.4. The number of hydrogen-bond donors (Lipinski definition) is 3. The van der Waals surface area contributed by atoms with Crippen molar-refractivity contribution in [1.82, 2.24) is 9.97 Å². The summed E-state index contributed by atoms with van der Waals surface area (Å²) in [4.78, 5) is 20.1. The fraction of sp³-hybridized carbons (Fsp3) is 0.150. The lowest BCUT2D eigenvalue weighted by atomic mass is 10.1. The molecule has 0 unspecified atom stereocenters. The first-order valence-corrected chi connectivity index (χ1v) is 8.21. The number of carbonyl (C=O) groups is 1. The molecule has 132 valence electrons. The summed E-state index contributed by atoms with van der Waals surface area (Å²) < 4.78 is 0. The van der Waals surface area contributed by atoms with Crippen LogP contribution in [0.5, 0.6) is 0 Å². The van der Waals surface area contributed by atoms with Crippen LogP contribution in [0.2, 0.25) is 0 Å². The van der Waals surface area contributed by atoms with Crippen LogP contribution < -0.4 is 10.6 Å². The van der Waals surface area contributed by atoms with Crippen LogP contribution in [0.25, 0.3) is 0 Å². The van der Waals surface area contributed by atoms with Crippen molar-refractivity contribution >= 4 is 29.0 Å². The number of nitrogens with one attached hydrogen (secondary N) is 2. The Morgan fingerprint density at radius 1 is 0.885 bits per heavy atom. The SMILES string of the molecule is Cc1ccc(C)c(Nc2cc(Nc3ccccc3C(=O)O)nc(C)n2)c1. The van der Waals surface area contributed by atoms with Gasteiger partial charge in [0.15, 0.2) is 0 Å². The zero-order valence-electron chi connectivity index (χ0n) is 14.9. The summed E-state index contributed by atoms with van der Waals surface area (Å²) in [6.07, 6.45) is 0. The normalized spacial score (nSPS) is 10.4. The summed E-state index contributed by atoms with van der Waals surface area (Å²) in [7, 11) is 0. The Balaban J connectivity index is 1.91. The van der Waals surface area contributed by atoms with Crippen LogP contribution in [0.4, 0.5) is 23.0 Å². The van der Waals surface area contributed by atoms with Gasteiger partial charge < -0.3 is 15.7 Å². The number of aromatic nitrogens is 2. The van der Waals surface area contributed by atoms with E-state index in [0.29, 0.717) is 23.1 Å². The maximum atomic E-state index is 11.4. The zero-order valence-corrected chi connectivity index (χ0v) is 14.9. The molecule has 0 saturated carbocycles. The largest absolute Gasteiger partial charge is 0.478 e. The molecule has 6 nitrogen and oxygen atoms in total. The number of benzene rings is 2. The molecule has 0 aliphatic rings. The molecule has 1 heterocycles. The minimum absolute atomic E-state index is 0.188. The molecule has 0 spiro atoms. The highest BCUT2D eigenvalue weighted by Gasteiger charge is 2.11. The van der Waals surface area contributed by atoms with Crippen molar-refractivity contribution in [2.75, 3.05) is 10.6 Å². The summed E-state index contributed by atoms with van der Waals surface area (Å²) in [6, 6.07) is 14.6. The summed E-state index contributed by atoms with van der Waals surface area (Å²) in [6.45, 7) is 5.85. The van der Waals surface area contributed by atoms with E-state index in [0.717, 1.165) is 16.8 Å². The van der Waals surface area contributed by atoms with E-state index >= 15 is 0 Å². The van der Waals surface area contributed by atoms with Gasteiger partial charge in [-0.1, -0.05) is 24.3 Å². The second kappa shape index (κ2) is 7.23. The van der Waals surface area contributed by atoms with Crippen LogP contribution in [0.3, 0.4) is 0 Å². The smallest absolute Gasteiger partial charge is 0.337 e. The third-order valence-corrected chi connectivity index (χ3v) is 3.91. The van der Waals surface area contributed by atoms with Gasteiger partial charge in [-0.3, -0.25) is 0 Å². The van der Waals surface area contributed by atoms with Crippen LogP contribution in [0.15, 0.2) is 48.5 Å². The number of carboxylic acids is 1. The number of aromatic carboxylic acids is 1. The van der Waals surface area contributed by atoms with Gasteiger partial charge in [-0.05, 0) is 50.1 Å². The fourth-order valence-corrected chi connectivity index (χ4v) is 2.62. The molecule has 1 aromatic heterocycles. The van der Waals surface area contributed by atoms with Gasteiger partial charge in [0.2, 0.25) is 0 Å².